The van der Waals surface area contributed by atoms with E-state index in [0.717, 1.165) is 24.6 Å². The van der Waals surface area contributed by atoms with Gasteiger partial charge in [-0.05, 0) is 74.2 Å². The lowest BCUT2D eigenvalue weighted by atomic mass is 9.82. The summed E-state index contributed by atoms with van der Waals surface area (Å²) in [7, 11) is 8.33. The van der Waals surface area contributed by atoms with Gasteiger partial charge < -0.3 is 9.80 Å². The van der Waals surface area contributed by atoms with E-state index in [1.807, 2.05) is 21.6 Å². The van der Waals surface area contributed by atoms with Crippen LogP contribution in [0, 0.1) is 0 Å². The zero-order chi connectivity index (χ0) is 36.0. The maximum atomic E-state index is 2.37. The molecule has 52 heavy (non-hydrogen) atoms. The first-order valence-corrected chi connectivity index (χ1v) is 20.8. The molecule has 4 aromatic carbocycles. The molecule has 0 bridgehead atoms. The van der Waals surface area contributed by atoms with Crippen LogP contribution in [0.1, 0.15) is 50.2 Å². The van der Waals surface area contributed by atoms with Gasteiger partial charge in [-0.3, -0.25) is 0 Å². The highest BCUT2D eigenvalue weighted by Crippen LogP contribution is 2.40. The number of fused-ring (bicyclic) bond motifs is 6. The molecule has 4 heterocycles. The van der Waals surface area contributed by atoms with Crippen LogP contribution in [0.25, 0.3) is 33.6 Å². The second-order valence-corrected chi connectivity index (χ2v) is 17.9. The monoisotopic (exact) mass is 720 g/mol. The van der Waals surface area contributed by atoms with Crippen molar-refractivity contribution in [1.82, 2.24) is 0 Å². The SMILES string of the molecule is CN(CCSSCCN(C)c1ccc(-c2cc[n+]3c(c2)C(C)(C)c2ccccc2-3)cc1)c1ccc(-c2cc[n+]3c(c2)C(C)(C)c2ccccc2-3)cc1. The second kappa shape index (κ2) is 13.8. The Morgan fingerprint density at radius 3 is 1.27 bits per heavy atom. The van der Waals surface area contributed by atoms with E-state index in [9.17, 15) is 0 Å². The fraction of sp³-hybridized carbons (Fsp3) is 0.261. The third-order valence-electron chi connectivity index (χ3n) is 11.3. The Labute approximate surface area is 317 Å². The Bertz CT molecular complexity index is 2080. The summed E-state index contributed by atoms with van der Waals surface area (Å²) in [6.45, 7) is 11.3. The van der Waals surface area contributed by atoms with E-state index in [1.54, 1.807) is 0 Å². The molecule has 262 valence electrons. The molecule has 0 spiro atoms. The summed E-state index contributed by atoms with van der Waals surface area (Å²) in [6, 6.07) is 44.9. The lowest BCUT2D eigenvalue weighted by Crippen LogP contribution is -2.34. The zero-order valence-electron chi connectivity index (χ0n) is 31.1. The van der Waals surface area contributed by atoms with Gasteiger partial charge >= 0.3 is 0 Å². The summed E-state index contributed by atoms with van der Waals surface area (Å²) < 4.78 is 4.70. The topological polar surface area (TPSA) is 14.2 Å². The van der Waals surface area contributed by atoms with Gasteiger partial charge in [0, 0.05) is 97.6 Å². The summed E-state index contributed by atoms with van der Waals surface area (Å²) in [6.07, 6.45) is 4.46. The molecule has 6 aromatic rings. The highest BCUT2D eigenvalue weighted by Gasteiger charge is 2.44. The summed E-state index contributed by atoms with van der Waals surface area (Å²) >= 11 is 0. The third-order valence-corrected chi connectivity index (χ3v) is 13.6. The number of benzene rings is 4. The van der Waals surface area contributed by atoms with Crippen molar-refractivity contribution < 1.29 is 9.13 Å². The molecule has 2 aliphatic heterocycles. The molecule has 0 fully saturated rings. The number of anilines is 2. The Kier molecular flexibility index (Phi) is 9.17. The number of aromatic nitrogens is 2. The molecule has 2 aromatic heterocycles. The predicted molar refractivity (Wildman–Crippen MR) is 223 cm³/mol. The number of hydrogen-bond donors (Lipinski definition) is 0. The van der Waals surface area contributed by atoms with E-state index in [1.165, 1.54) is 67.5 Å². The number of nitrogens with zero attached hydrogens (tertiary/aromatic N) is 4. The molecule has 8 rings (SSSR count). The van der Waals surface area contributed by atoms with E-state index >= 15 is 0 Å². The maximum Gasteiger partial charge on any atom is 0.215 e. The summed E-state index contributed by atoms with van der Waals surface area (Å²) in [5, 5.41) is 0. The van der Waals surface area contributed by atoms with Gasteiger partial charge in [0.05, 0.1) is 10.8 Å². The first-order valence-electron chi connectivity index (χ1n) is 18.3. The van der Waals surface area contributed by atoms with Crippen molar-refractivity contribution in [3.05, 3.63) is 156 Å². The minimum atomic E-state index is -0.0153. The molecule has 0 unspecified atom stereocenters. The van der Waals surface area contributed by atoms with Crippen LogP contribution in [0.4, 0.5) is 11.4 Å². The van der Waals surface area contributed by atoms with Gasteiger partial charge in [0.25, 0.3) is 0 Å². The van der Waals surface area contributed by atoms with Crippen LogP contribution in [-0.4, -0.2) is 38.7 Å². The first-order chi connectivity index (χ1) is 25.1. The van der Waals surface area contributed by atoms with E-state index in [4.69, 9.17) is 0 Å². The lowest BCUT2D eigenvalue weighted by molar-refractivity contribution is -0.600. The van der Waals surface area contributed by atoms with Gasteiger partial charge in [0.15, 0.2) is 23.8 Å². The van der Waals surface area contributed by atoms with Crippen molar-refractivity contribution in [2.45, 2.75) is 38.5 Å². The van der Waals surface area contributed by atoms with Crippen molar-refractivity contribution >= 4 is 33.0 Å². The van der Waals surface area contributed by atoms with Gasteiger partial charge in [-0.25, -0.2) is 0 Å². The molecule has 0 aliphatic carbocycles. The molecule has 6 heteroatoms. The minimum Gasteiger partial charge on any atom is -0.374 e. The van der Waals surface area contributed by atoms with Crippen LogP contribution in [0.15, 0.2) is 134 Å². The van der Waals surface area contributed by atoms with Crippen LogP contribution >= 0.6 is 21.6 Å². The quantitative estimate of drug-likeness (QED) is 0.0752. The second-order valence-electron chi connectivity index (χ2n) is 15.2. The van der Waals surface area contributed by atoms with Gasteiger partial charge in [-0.2, -0.15) is 9.13 Å². The Morgan fingerprint density at radius 2 is 0.865 bits per heavy atom. The van der Waals surface area contributed by atoms with Gasteiger partial charge in [0.1, 0.15) is 0 Å². The fourth-order valence-electron chi connectivity index (χ4n) is 7.98. The molecular weight excluding hydrogens is 673 g/mol. The number of pyridine rings is 2. The Hall–Kier alpha value is -4.52. The molecule has 0 N–H and O–H groups in total. The van der Waals surface area contributed by atoms with Crippen LogP contribution in [0.3, 0.4) is 0 Å². The van der Waals surface area contributed by atoms with Gasteiger partial charge in [-0.15, -0.1) is 0 Å². The van der Waals surface area contributed by atoms with E-state index in [2.05, 4.69) is 194 Å². The van der Waals surface area contributed by atoms with Crippen LogP contribution < -0.4 is 18.9 Å². The van der Waals surface area contributed by atoms with Crippen molar-refractivity contribution in [1.29, 1.82) is 0 Å². The largest absolute Gasteiger partial charge is 0.374 e. The molecule has 0 radical (unpaired) electrons. The van der Waals surface area contributed by atoms with Crippen LogP contribution in [-0.2, 0) is 10.8 Å². The third kappa shape index (κ3) is 6.20. The van der Waals surface area contributed by atoms with Gasteiger partial charge in [0.2, 0.25) is 11.4 Å². The standard InChI is InChI=1S/C46H48N4S2/c1-45(2)39-11-7-9-13-41(39)49-25-23-35(31-43(45)49)33-15-19-37(20-16-33)47(5)27-29-51-52-30-28-48(6)38-21-17-34(18-22-38)36-24-26-50-42-14-10-8-12-40(42)46(3,4)44(50)32-36/h7-26,31-32H,27-30H2,1-6H3/q+2. The lowest BCUT2D eigenvalue weighted by Gasteiger charge is -2.20. The maximum absolute atomic E-state index is 2.37. The fourth-order valence-corrected chi connectivity index (χ4v) is 10.1. The predicted octanol–water partition coefficient (Wildman–Crippen LogP) is 9.81. The number of rotatable bonds is 11. The van der Waals surface area contributed by atoms with Crippen molar-refractivity contribution in [2.75, 3.05) is 48.5 Å². The summed E-state index contributed by atoms with van der Waals surface area (Å²) in [4.78, 5) is 4.73. The normalized spacial score (nSPS) is 14.3. The van der Waals surface area contributed by atoms with Crippen LogP contribution in [0.2, 0.25) is 0 Å². The highest BCUT2D eigenvalue weighted by molar-refractivity contribution is 8.76. The van der Waals surface area contributed by atoms with Crippen molar-refractivity contribution in [3.8, 4) is 33.6 Å². The molecule has 2 aliphatic rings. The van der Waals surface area contributed by atoms with Gasteiger partial charge in [-0.1, -0.05) is 82.3 Å². The van der Waals surface area contributed by atoms with Crippen LogP contribution in [0.5, 0.6) is 0 Å². The first kappa shape index (κ1) is 34.6. The summed E-state index contributed by atoms with van der Waals surface area (Å²) in [5.74, 6) is 2.17. The Morgan fingerprint density at radius 1 is 0.481 bits per heavy atom. The minimum absolute atomic E-state index is 0.0153. The molecule has 0 saturated carbocycles. The zero-order valence-corrected chi connectivity index (χ0v) is 32.8. The number of hydrogen-bond acceptors (Lipinski definition) is 4. The highest BCUT2D eigenvalue weighted by atomic mass is 33.1. The average molecular weight is 721 g/mol. The molecular formula is C46H48N4S2+2. The molecule has 0 amide bonds. The van der Waals surface area contributed by atoms with E-state index in [0.29, 0.717) is 0 Å². The number of para-hydroxylation sites is 2. The summed E-state index contributed by atoms with van der Waals surface area (Å²) in [5.41, 5.74) is 15.6. The van der Waals surface area contributed by atoms with Crippen molar-refractivity contribution in [2.24, 2.45) is 0 Å². The molecule has 0 atom stereocenters. The van der Waals surface area contributed by atoms with Crippen molar-refractivity contribution in [3.63, 3.8) is 0 Å². The van der Waals surface area contributed by atoms with E-state index in [-0.39, 0.29) is 10.8 Å². The average Bonchev–Trinajstić information content (AvgIpc) is 3.55. The molecule has 0 saturated heterocycles. The molecule has 4 nitrogen and oxygen atoms in total. The van der Waals surface area contributed by atoms with E-state index < -0.39 is 0 Å². The Balaban J connectivity index is 0.798. The smallest absolute Gasteiger partial charge is 0.215 e.